The maximum atomic E-state index is 12.0. The van der Waals surface area contributed by atoms with Crippen LogP contribution in [0.1, 0.15) is 19.3 Å². The second kappa shape index (κ2) is 6.78. The summed E-state index contributed by atoms with van der Waals surface area (Å²) in [5.41, 5.74) is 0. The topological polar surface area (TPSA) is 49.8 Å². The van der Waals surface area contributed by atoms with Crippen LogP contribution in [0.2, 0.25) is 5.02 Å². The fourth-order valence-corrected chi connectivity index (χ4v) is 2.50. The van der Waals surface area contributed by atoms with Gasteiger partial charge in [-0.15, -0.1) is 0 Å². The number of para-hydroxylation sites is 1. The zero-order chi connectivity index (χ0) is 13.7. The minimum Gasteiger partial charge on any atom is -0.491 e. The van der Waals surface area contributed by atoms with Gasteiger partial charge in [0.2, 0.25) is 5.91 Å². The molecule has 19 heavy (non-hydrogen) atoms. The number of aliphatic hydroxyl groups is 1. The Morgan fingerprint density at radius 1 is 1.47 bits per heavy atom. The van der Waals surface area contributed by atoms with Gasteiger partial charge in [-0.3, -0.25) is 4.79 Å². The second-order valence-corrected chi connectivity index (χ2v) is 5.00. The van der Waals surface area contributed by atoms with E-state index >= 15 is 0 Å². The molecule has 1 unspecified atom stereocenters. The van der Waals surface area contributed by atoms with Gasteiger partial charge in [0.25, 0.3) is 0 Å². The first kappa shape index (κ1) is 14.2. The molecule has 0 saturated carbocycles. The number of carbonyl (C=O) groups is 1. The molecule has 1 aromatic carbocycles. The molecule has 0 aromatic heterocycles. The number of benzene rings is 1. The number of ether oxygens (including phenoxy) is 1. The number of halogens is 1. The van der Waals surface area contributed by atoms with Crippen molar-refractivity contribution >= 4 is 17.5 Å². The van der Waals surface area contributed by atoms with E-state index in [1.807, 2.05) is 12.1 Å². The van der Waals surface area contributed by atoms with Crippen LogP contribution in [0.5, 0.6) is 5.75 Å². The highest BCUT2D eigenvalue weighted by molar-refractivity contribution is 6.32. The van der Waals surface area contributed by atoms with Crippen LogP contribution in [0.3, 0.4) is 0 Å². The minimum atomic E-state index is -0.0205. The standard InChI is InChI=1S/C14H18ClNO3/c15-12-5-1-2-6-13(12)19-9-7-14(18)16-8-3-4-11(16)10-17/h1-2,5-6,11,17H,3-4,7-10H2. The van der Waals surface area contributed by atoms with Gasteiger partial charge in [-0.1, -0.05) is 23.7 Å². The Morgan fingerprint density at radius 3 is 3.00 bits per heavy atom. The zero-order valence-electron chi connectivity index (χ0n) is 10.7. The summed E-state index contributed by atoms with van der Waals surface area (Å²) >= 11 is 5.96. The van der Waals surface area contributed by atoms with Crippen molar-refractivity contribution in [2.45, 2.75) is 25.3 Å². The monoisotopic (exact) mass is 283 g/mol. The molecule has 104 valence electrons. The number of amides is 1. The largest absolute Gasteiger partial charge is 0.491 e. The molecule has 1 fully saturated rings. The van der Waals surface area contributed by atoms with Crippen LogP contribution in [0.15, 0.2) is 24.3 Å². The van der Waals surface area contributed by atoms with Gasteiger partial charge in [-0.2, -0.15) is 0 Å². The molecule has 5 heteroatoms. The van der Waals surface area contributed by atoms with Crippen LogP contribution < -0.4 is 4.74 Å². The SMILES string of the molecule is O=C(CCOc1ccccc1Cl)N1CCCC1CO. The maximum Gasteiger partial charge on any atom is 0.226 e. The van der Waals surface area contributed by atoms with E-state index < -0.39 is 0 Å². The van der Waals surface area contributed by atoms with E-state index in [4.69, 9.17) is 16.3 Å². The van der Waals surface area contributed by atoms with E-state index in [1.165, 1.54) is 0 Å². The Balaban J connectivity index is 1.80. The zero-order valence-corrected chi connectivity index (χ0v) is 11.5. The molecule has 1 amide bonds. The summed E-state index contributed by atoms with van der Waals surface area (Å²) in [6, 6.07) is 7.18. The molecule has 0 bridgehead atoms. The predicted octanol–water partition coefficient (Wildman–Crippen LogP) is 2.09. The Morgan fingerprint density at radius 2 is 2.26 bits per heavy atom. The van der Waals surface area contributed by atoms with Gasteiger partial charge in [0, 0.05) is 6.54 Å². The fraction of sp³-hybridized carbons (Fsp3) is 0.500. The molecule has 1 saturated heterocycles. The molecule has 0 aliphatic carbocycles. The smallest absolute Gasteiger partial charge is 0.226 e. The van der Waals surface area contributed by atoms with Gasteiger partial charge in [0.15, 0.2) is 0 Å². The first-order valence-corrected chi connectivity index (χ1v) is 6.88. The summed E-state index contributed by atoms with van der Waals surface area (Å²) in [7, 11) is 0. The molecule has 0 radical (unpaired) electrons. The lowest BCUT2D eigenvalue weighted by Crippen LogP contribution is -2.38. The lowest BCUT2D eigenvalue weighted by atomic mass is 10.2. The molecular formula is C14H18ClNO3. The van der Waals surface area contributed by atoms with Crippen molar-refractivity contribution in [1.29, 1.82) is 0 Å². The average Bonchev–Trinajstić information content (AvgIpc) is 2.89. The third-order valence-corrected chi connectivity index (χ3v) is 3.63. The molecule has 4 nitrogen and oxygen atoms in total. The number of aliphatic hydroxyl groups excluding tert-OH is 1. The first-order chi connectivity index (χ1) is 9.22. The van der Waals surface area contributed by atoms with Gasteiger partial charge in [-0.05, 0) is 25.0 Å². The van der Waals surface area contributed by atoms with Gasteiger partial charge >= 0.3 is 0 Å². The van der Waals surface area contributed by atoms with Crippen molar-refractivity contribution in [2.24, 2.45) is 0 Å². The Labute approximate surface area is 117 Å². The van der Waals surface area contributed by atoms with Crippen molar-refractivity contribution in [3.63, 3.8) is 0 Å². The summed E-state index contributed by atoms with van der Waals surface area (Å²) in [4.78, 5) is 13.7. The predicted molar refractivity (Wildman–Crippen MR) is 73.4 cm³/mol. The van der Waals surface area contributed by atoms with Crippen LogP contribution in [0.4, 0.5) is 0 Å². The Hall–Kier alpha value is -1.26. The van der Waals surface area contributed by atoms with Crippen LogP contribution in [0, 0.1) is 0 Å². The van der Waals surface area contributed by atoms with Crippen LogP contribution in [0.25, 0.3) is 0 Å². The highest BCUT2D eigenvalue weighted by Gasteiger charge is 2.27. The molecule has 1 aliphatic heterocycles. The highest BCUT2D eigenvalue weighted by Crippen LogP contribution is 2.23. The quantitative estimate of drug-likeness (QED) is 0.900. The van der Waals surface area contributed by atoms with Crippen LogP contribution >= 0.6 is 11.6 Å². The number of likely N-dealkylation sites (tertiary alicyclic amines) is 1. The van der Waals surface area contributed by atoms with Gasteiger partial charge in [0.1, 0.15) is 5.75 Å². The molecule has 2 rings (SSSR count). The van der Waals surface area contributed by atoms with Gasteiger partial charge in [-0.25, -0.2) is 0 Å². The summed E-state index contributed by atoms with van der Waals surface area (Å²) in [5.74, 6) is 0.626. The van der Waals surface area contributed by atoms with Crippen molar-refractivity contribution in [3.8, 4) is 5.75 Å². The average molecular weight is 284 g/mol. The summed E-state index contributed by atoms with van der Waals surface area (Å²) in [5, 5.41) is 9.73. The van der Waals surface area contributed by atoms with Gasteiger partial charge in [0.05, 0.1) is 30.7 Å². The maximum absolute atomic E-state index is 12.0. The van der Waals surface area contributed by atoms with Crippen molar-refractivity contribution in [1.82, 2.24) is 4.90 Å². The summed E-state index contributed by atoms with van der Waals surface area (Å²) in [6.07, 6.45) is 2.15. The second-order valence-electron chi connectivity index (χ2n) is 4.59. The summed E-state index contributed by atoms with van der Waals surface area (Å²) in [6.45, 7) is 1.07. The highest BCUT2D eigenvalue weighted by atomic mass is 35.5. The first-order valence-electron chi connectivity index (χ1n) is 6.50. The van der Waals surface area contributed by atoms with E-state index in [-0.39, 0.29) is 18.6 Å². The van der Waals surface area contributed by atoms with Gasteiger partial charge < -0.3 is 14.7 Å². The Bertz CT molecular complexity index is 438. The third kappa shape index (κ3) is 3.61. The van der Waals surface area contributed by atoms with E-state index in [2.05, 4.69) is 0 Å². The molecule has 1 N–H and O–H groups in total. The molecule has 1 aromatic rings. The molecule has 1 aliphatic rings. The van der Waals surface area contributed by atoms with Crippen molar-refractivity contribution in [2.75, 3.05) is 19.8 Å². The van der Waals surface area contributed by atoms with E-state index in [1.54, 1.807) is 17.0 Å². The summed E-state index contributed by atoms with van der Waals surface area (Å²) < 4.78 is 5.49. The van der Waals surface area contributed by atoms with E-state index in [9.17, 15) is 9.90 Å². The minimum absolute atomic E-state index is 0.0205. The van der Waals surface area contributed by atoms with Crippen LogP contribution in [-0.2, 0) is 4.79 Å². The normalized spacial score (nSPS) is 18.6. The number of carbonyl (C=O) groups excluding carboxylic acids is 1. The Kier molecular flexibility index (Phi) is 5.05. The number of nitrogens with zero attached hydrogens (tertiary/aromatic N) is 1. The molecule has 0 spiro atoms. The molecule has 1 heterocycles. The lowest BCUT2D eigenvalue weighted by Gasteiger charge is -2.23. The van der Waals surface area contributed by atoms with E-state index in [0.29, 0.717) is 23.8 Å². The lowest BCUT2D eigenvalue weighted by molar-refractivity contribution is -0.133. The van der Waals surface area contributed by atoms with Crippen molar-refractivity contribution < 1.29 is 14.6 Å². The fourth-order valence-electron chi connectivity index (χ4n) is 2.31. The molecule has 1 atom stereocenters. The van der Waals surface area contributed by atoms with E-state index in [0.717, 1.165) is 19.4 Å². The number of hydrogen-bond donors (Lipinski definition) is 1. The number of hydrogen-bond acceptors (Lipinski definition) is 3. The molecular weight excluding hydrogens is 266 g/mol. The van der Waals surface area contributed by atoms with Crippen molar-refractivity contribution in [3.05, 3.63) is 29.3 Å². The number of rotatable bonds is 5. The third-order valence-electron chi connectivity index (χ3n) is 3.32. The van der Waals surface area contributed by atoms with Crippen LogP contribution in [-0.4, -0.2) is 41.7 Å².